The summed E-state index contributed by atoms with van der Waals surface area (Å²) in [4.78, 5) is 5.38. The van der Waals surface area contributed by atoms with E-state index in [4.69, 9.17) is 0 Å². The number of halogens is 1. The van der Waals surface area contributed by atoms with Gasteiger partial charge in [-0.05, 0) is 31.2 Å². The third kappa shape index (κ3) is 3.19. The van der Waals surface area contributed by atoms with E-state index in [0.29, 0.717) is 0 Å². The molecule has 19 heavy (non-hydrogen) atoms. The minimum absolute atomic E-state index is 0.0769. The Balaban J connectivity index is 2.22. The average molecular weight is 278 g/mol. The Kier molecular flexibility index (Phi) is 4.32. The summed E-state index contributed by atoms with van der Waals surface area (Å²) >= 11 is 1.67. The predicted molar refractivity (Wildman–Crippen MR) is 78.1 cm³/mol. The van der Waals surface area contributed by atoms with Crippen LogP contribution in [0.15, 0.2) is 36.0 Å². The normalized spacial score (nSPS) is 13.5. The lowest BCUT2D eigenvalue weighted by Crippen LogP contribution is -2.44. The number of benzene rings is 1. The molecule has 0 radical (unpaired) electrons. The second-order valence-corrected chi connectivity index (χ2v) is 6.21. The molecule has 1 heterocycles. The van der Waals surface area contributed by atoms with Gasteiger partial charge in [0.15, 0.2) is 0 Å². The summed E-state index contributed by atoms with van der Waals surface area (Å²) in [6, 6.07) is 7.06. The zero-order valence-electron chi connectivity index (χ0n) is 11.5. The molecule has 0 saturated heterocycles. The average Bonchev–Trinajstić information content (AvgIpc) is 2.89. The molecule has 2 aromatic rings. The minimum Gasteiger partial charge on any atom is -0.316 e. The van der Waals surface area contributed by atoms with Crippen LogP contribution in [0.3, 0.4) is 0 Å². The van der Waals surface area contributed by atoms with Gasteiger partial charge < -0.3 is 5.32 Å². The number of aromatic nitrogens is 1. The lowest BCUT2D eigenvalue weighted by molar-refractivity contribution is 0.357. The Bertz CT molecular complexity index is 505. The van der Waals surface area contributed by atoms with Crippen molar-refractivity contribution in [2.24, 2.45) is 0 Å². The summed E-state index contributed by atoms with van der Waals surface area (Å²) in [5.74, 6) is -0.192. The Labute approximate surface area is 117 Å². The van der Waals surface area contributed by atoms with Crippen LogP contribution in [0, 0.1) is 5.82 Å². The van der Waals surface area contributed by atoms with E-state index in [2.05, 4.69) is 24.1 Å². The summed E-state index contributed by atoms with van der Waals surface area (Å²) in [7, 11) is 1.97. The highest BCUT2D eigenvalue weighted by molar-refractivity contribution is 7.09. The van der Waals surface area contributed by atoms with Gasteiger partial charge in [0.2, 0.25) is 0 Å². The van der Waals surface area contributed by atoms with Crippen molar-refractivity contribution in [3.8, 4) is 0 Å². The van der Waals surface area contributed by atoms with Gasteiger partial charge in [0.05, 0.1) is 5.51 Å². The van der Waals surface area contributed by atoms with E-state index in [1.54, 1.807) is 11.3 Å². The SMILES string of the molecule is CNC(Cc1cncs1)C(C)(C)c1ccc(F)cc1. The molecule has 102 valence electrons. The van der Waals surface area contributed by atoms with Gasteiger partial charge in [-0.15, -0.1) is 11.3 Å². The standard InChI is InChI=1S/C15H19FN2S/c1-15(2,11-4-6-12(16)7-5-11)14(17-3)8-13-9-18-10-19-13/h4-7,9-10,14,17H,8H2,1-3H3. The number of thiazole rings is 1. The summed E-state index contributed by atoms with van der Waals surface area (Å²) in [6.07, 6.45) is 2.83. The number of hydrogen-bond acceptors (Lipinski definition) is 3. The van der Waals surface area contributed by atoms with Crippen LogP contribution in [0.1, 0.15) is 24.3 Å². The van der Waals surface area contributed by atoms with E-state index < -0.39 is 0 Å². The fraction of sp³-hybridized carbons (Fsp3) is 0.400. The van der Waals surface area contributed by atoms with Crippen LogP contribution >= 0.6 is 11.3 Å². The predicted octanol–water partition coefficient (Wildman–Crippen LogP) is 3.39. The third-order valence-corrected chi connectivity index (χ3v) is 4.50. The lowest BCUT2D eigenvalue weighted by atomic mass is 9.76. The van der Waals surface area contributed by atoms with Gasteiger partial charge >= 0.3 is 0 Å². The van der Waals surface area contributed by atoms with Crippen LogP contribution in [-0.2, 0) is 11.8 Å². The Morgan fingerprint density at radius 2 is 2.00 bits per heavy atom. The molecule has 1 aromatic heterocycles. The van der Waals surface area contributed by atoms with Crippen molar-refractivity contribution in [3.63, 3.8) is 0 Å². The van der Waals surface area contributed by atoms with E-state index in [9.17, 15) is 4.39 Å². The molecule has 0 bridgehead atoms. The van der Waals surface area contributed by atoms with Gasteiger partial charge in [-0.1, -0.05) is 26.0 Å². The zero-order chi connectivity index (χ0) is 13.9. The van der Waals surface area contributed by atoms with Crippen LogP contribution in [0.4, 0.5) is 4.39 Å². The summed E-state index contributed by atoms with van der Waals surface area (Å²) in [6.45, 7) is 4.37. The van der Waals surface area contributed by atoms with Crippen LogP contribution in [0.5, 0.6) is 0 Å². The molecule has 0 aliphatic rings. The van der Waals surface area contributed by atoms with Crippen molar-refractivity contribution in [2.45, 2.75) is 31.7 Å². The molecule has 1 unspecified atom stereocenters. The second kappa shape index (κ2) is 5.80. The van der Waals surface area contributed by atoms with E-state index in [1.165, 1.54) is 17.0 Å². The molecule has 0 fully saturated rings. The molecule has 0 amide bonds. The van der Waals surface area contributed by atoms with Crippen molar-refractivity contribution in [2.75, 3.05) is 7.05 Å². The first-order chi connectivity index (χ1) is 9.04. The fourth-order valence-corrected chi connectivity index (χ4v) is 2.98. The number of likely N-dealkylation sites (N-methyl/N-ethyl adjacent to an activating group) is 1. The molecular weight excluding hydrogens is 259 g/mol. The highest BCUT2D eigenvalue weighted by Gasteiger charge is 2.30. The van der Waals surface area contributed by atoms with Gasteiger partial charge in [-0.2, -0.15) is 0 Å². The van der Waals surface area contributed by atoms with Gasteiger partial charge in [0.1, 0.15) is 5.82 Å². The van der Waals surface area contributed by atoms with E-state index in [1.807, 2.05) is 30.9 Å². The zero-order valence-corrected chi connectivity index (χ0v) is 12.3. The maximum Gasteiger partial charge on any atom is 0.123 e. The smallest absolute Gasteiger partial charge is 0.123 e. The van der Waals surface area contributed by atoms with Gasteiger partial charge in [-0.25, -0.2) is 4.39 Å². The van der Waals surface area contributed by atoms with Crippen molar-refractivity contribution in [3.05, 3.63) is 52.2 Å². The molecule has 0 spiro atoms. The molecule has 1 atom stereocenters. The highest BCUT2D eigenvalue weighted by Crippen LogP contribution is 2.29. The Morgan fingerprint density at radius 1 is 1.32 bits per heavy atom. The molecule has 1 aromatic carbocycles. The molecule has 0 aliphatic heterocycles. The first-order valence-corrected chi connectivity index (χ1v) is 7.22. The van der Waals surface area contributed by atoms with Crippen molar-refractivity contribution in [1.29, 1.82) is 0 Å². The quantitative estimate of drug-likeness (QED) is 0.907. The van der Waals surface area contributed by atoms with Gasteiger partial charge in [-0.3, -0.25) is 4.98 Å². The molecule has 0 aliphatic carbocycles. The van der Waals surface area contributed by atoms with Gasteiger partial charge in [0.25, 0.3) is 0 Å². The maximum atomic E-state index is 13.0. The first-order valence-electron chi connectivity index (χ1n) is 6.34. The number of nitrogens with one attached hydrogen (secondary N) is 1. The summed E-state index contributed by atoms with van der Waals surface area (Å²) in [5, 5.41) is 3.38. The van der Waals surface area contributed by atoms with Crippen molar-refractivity contribution in [1.82, 2.24) is 10.3 Å². The largest absolute Gasteiger partial charge is 0.316 e. The second-order valence-electron chi connectivity index (χ2n) is 5.24. The molecule has 0 saturated carbocycles. The van der Waals surface area contributed by atoms with E-state index >= 15 is 0 Å². The Morgan fingerprint density at radius 3 is 2.53 bits per heavy atom. The maximum absolute atomic E-state index is 13.0. The van der Waals surface area contributed by atoms with Crippen LogP contribution in [0.25, 0.3) is 0 Å². The third-order valence-electron chi connectivity index (χ3n) is 3.70. The van der Waals surface area contributed by atoms with E-state index in [-0.39, 0.29) is 17.3 Å². The molecular formula is C15H19FN2S. The Hall–Kier alpha value is -1.26. The number of rotatable bonds is 5. The van der Waals surface area contributed by atoms with Crippen LogP contribution in [-0.4, -0.2) is 18.1 Å². The van der Waals surface area contributed by atoms with E-state index in [0.717, 1.165) is 12.0 Å². The number of nitrogens with zero attached hydrogens (tertiary/aromatic N) is 1. The first kappa shape index (κ1) is 14.2. The summed E-state index contributed by atoms with van der Waals surface area (Å²) < 4.78 is 13.0. The molecule has 2 rings (SSSR count). The summed E-state index contributed by atoms with van der Waals surface area (Å²) in [5.41, 5.74) is 2.91. The van der Waals surface area contributed by atoms with Crippen molar-refractivity contribution < 1.29 is 4.39 Å². The van der Waals surface area contributed by atoms with Gasteiger partial charge in [0, 0.05) is 22.5 Å². The molecule has 1 N–H and O–H groups in total. The lowest BCUT2D eigenvalue weighted by Gasteiger charge is -2.34. The minimum atomic E-state index is -0.192. The van der Waals surface area contributed by atoms with Crippen LogP contribution in [0.2, 0.25) is 0 Å². The number of hydrogen-bond donors (Lipinski definition) is 1. The fourth-order valence-electron chi connectivity index (χ4n) is 2.34. The highest BCUT2D eigenvalue weighted by atomic mass is 32.1. The monoisotopic (exact) mass is 278 g/mol. The van der Waals surface area contributed by atoms with Crippen molar-refractivity contribution >= 4 is 11.3 Å². The molecule has 4 heteroatoms. The van der Waals surface area contributed by atoms with Crippen LogP contribution < -0.4 is 5.32 Å². The molecule has 2 nitrogen and oxygen atoms in total. The topological polar surface area (TPSA) is 24.9 Å².